The Morgan fingerprint density at radius 3 is 2.44 bits per heavy atom. The summed E-state index contributed by atoms with van der Waals surface area (Å²) in [6.07, 6.45) is -0.0112. The standard InChI is InChI=1S/C11H14O5/c1-14-8-5-4-7(6-9(12)15-2)10(13)11(8)16-3/h4-5,13H,6H2,1-3H3. The monoisotopic (exact) mass is 226 g/mol. The quantitative estimate of drug-likeness (QED) is 0.779. The van der Waals surface area contributed by atoms with Crippen LogP contribution in [0.25, 0.3) is 0 Å². The minimum Gasteiger partial charge on any atom is -0.504 e. The zero-order valence-corrected chi connectivity index (χ0v) is 9.44. The topological polar surface area (TPSA) is 65.0 Å². The highest BCUT2D eigenvalue weighted by atomic mass is 16.5. The molecule has 5 heteroatoms. The van der Waals surface area contributed by atoms with E-state index < -0.39 is 5.97 Å². The number of phenols is 1. The van der Waals surface area contributed by atoms with Gasteiger partial charge in [-0.1, -0.05) is 6.07 Å². The Kier molecular flexibility index (Phi) is 3.99. The van der Waals surface area contributed by atoms with Crippen LogP contribution in [0.4, 0.5) is 0 Å². The summed E-state index contributed by atoms with van der Waals surface area (Å²) in [6, 6.07) is 3.21. The van der Waals surface area contributed by atoms with Crippen LogP contribution in [0.3, 0.4) is 0 Å². The molecule has 16 heavy (non-hydrogen) atoms. The molecule has 88 valence electrons. The van der Waals surface area contributed by atoms with Crippen LogP contribution >= 0.6 is 0 Å². The Balaban J connectivity index is 3.08. The highest BCUT2D eigenvalue weighted by Gasteiger charge is 2.16. The number of benzene rings is 1. The molecule has 0 aliphatic rings. The second kappa shape index (κ2) is 5.25. The van der Waals surface area contributed by atoms with Gasteiger partial charge in [-0.05, 0) is 6.07 Å². The zero-order chi connectivity index (χ0) is 12.1. The van der Waals surface area contributed by atoms with Crippen molar-refractivity contribution in [2.24, 2.45) is 0 Å². The molecule has 0 amide bonds. The number of esters is 1. The molecule has 1 N–H and O–H groups in total. The zero-order valence-electron chi connectivity index (χ0n) is 9.44. The maximum absolute atomic E-state index is 11.1. The SMILES string of the molecule is COC(=O)Cc1ccc(OC)c(OC)c1O. The molecule has 5 nitrogen and oxygen atoms in total. The van der Waals surface area contributed by atoms with Gasteiger partial charge in [0.25, 0.3) is 0 Å². The highest BCUT2D eigenvalue weighted by Crippen LogP contribution is 2.38. The number of hydrogen-bond acceptors (Lipinski definition) is 5. The maximum Gasteiger partial charge on any atom is 0.310 e. The van der Waals surface area contributed by atoms with E-state index in [1.807, 2.05) is 0 Å². The fourth-order valence-electron chi connectivity index (χ4n) is 1.32. The first kappa shape index (κ1) is 12.2. The summed E-state index contributed by atoms with van der Waals surface area (Å²) >= 11 is 0. The minimum atomic E-state index is -0.428. The van der Waals surface area contributed by atoms with E-state index in [0.717, 1.165) is 0 Å². The van der Waals surface area contributed by atoms with Crippen molar-refractivity contribution in [3.8, 4) is 17.2 Å². The molecule has 1 rings (SSSR count). The largest absolute Gasteiger partial charge is 0.504 e. The molecular weight excluding hydrogens is 212 g/mol. The van der Waals surface area contributed by atoms with Gasteiger partial charge in [-0.2, -0.15) is 0 Å². The lowest BCUT2D eigenvalue weighted by molar-refractivity contribution is -0.139. The van der Waals surface area contributed by atoms with E-state index in [9.17, 15) is 9.90 Å². The van der Waals surface area contributed by atoms with Crippen LogP contribution in [0.15, 0.2) is 12.1 Å². The average Bonchev–Trinajstić information content (AvgIpc) is 2.31. The van der Waals surface area contributed by atoms with Crippen LogP contribution in [0, 0.1) is 0 Å². The number of aromatic hydroxyl groups is 1. The molecule has 0 aromatic heterocycles. The van der Waals surface area contributed by atoms with Gasteiger partial charge in [0.05, 0.1) is 27.8 Å². The van der Waals surface area contributed by atoms with Gasteiger partial charge in [0, 0.05) is 5.56 Å². The summed E-state index contributed by atoms with van der Waals surface area (Å²) in [4.78, 5) is 11.1. The van der Waals surface area contributed by atoms with Crippen molar-refractivity contribution in [3.05, 3.63) is 17.7 Å². The van der Waals surface area contributed by atoms with Gasteiger partial charge in [0.1, 0.15) is 0 Å². The Morgan fingerprint density at radius 1 is 1.25 bits per heavy atom. The van der Waals surface area contributed by atoms with E-state index in [-0.39, 0.29) is 17.9 Å². The predicted molar refractivity (Wildman–Crippen MR) is 56.9 cm³/mol. The summed E-state index contributed by atoms with van der Waals surface area (Å²) < 4.78 is 14.5. The number of carbonyl (C=O) groups excluding carboxylic acids is 1. The van der Waals surface area contributed by atoms with Crippen molar-refractivity contribution >= 4 is 5.97 Å². The summed E-state index contributed by atoms with van der Waals surface area (Å²) in [5, 5.41) is 9.83. The Hall–Kier alpha value is -1.91. The van der Waals surface area contributed by atoms with Gasteiger partial charge in [0.2, 0.25) is 5.75 Å². The molecule has 1 aromatic rings. The molecule has 0 unspecified atom stereocenters. The third-order valence-corrected chi connectivity index (χ3v) is 2.17. The molecule has 0 bridgehead atoms. The second-order valence-electron chi connectivity index (χ2n) is 3.06. The van der Waals surface area contributed by atoms with Gasteiger partial charge < -0.3 is 19.3 Å². The summed E-state index contributed by atoms with van der Waals surface area (Å²) in [5.41, 5.74) is 0.435. The van der Waals surface area contributed by atoms with Gasteiger partial charge in [-0.15, -0.1) is 0 Å². The third kappa shape index (κ3) is 2.36. The van der Waals surface area contributed by atoms with Crippen molar-refractivity contribution in [2.45, 2.75) is 6.42 Å². The molecule has 0 spiro atoms. The van der Waals surface area contributed by atoms with Crippen molar-refractivity contribution in [1.29, 1.82) is 0 Å². The van der Waals surface area contributed by atoms with Crippen LogP contribution in [0.1, 0.15) is 5.56 Å². The van der Waals surface area contributed by atoms with Crippen molar-refractivity contribution < 1.29 is 24.1 Å². The van der Waals surface area contributed by atoms with Crippen LogP contribution in [-0.4, -0.2) is 32.4 Å². The number of rotatable bonds is 4. The van der Waals surface area contributed by atoms with Crippen molar-refractivity contribution in [1.82, 2.24) is 0 Å². The Bertz CT molecular complexity index is 386. The Morgan fingerprint density at radius 2 is 1.94 bits per heavy atom. The normalized spacial score (nSPS) is 9.69. The molecule has 0 heterocycles. The second-order valence-corrected chi connectivity index (χ2v) is 3.06. The van der Waals surface area contributed by atoms with E-state index in [0.29, 0.717) is 11.3 Å². The lowest BCUT2D eigenvalue weighted by Crippen LogP contribution is -2.05. The molecular formula is C11H14O5. The molecule has 0 atom stereocenters. The van der Waals surface area contributed by atoms with E-state index in [1.165, 1.54) is 21.3 Å². The number of phenolic OH excluding ortho intramolecular Hbond substituents is 1. The minimum absolute atomic E-state index is 0.0112. The first-order valence-electron chi connectivity index (χ1n) is 4.63. The van der Waals surface area contributed by atoms with Crippen molar-refractivity contribution in [3.63, 3.8) is 0 Å². The predicted octanol–water partition coefficient (Wildman–Crippen LogP) is 1.12. The smallest absolute Gasteiger partial charge is 0.310 e. The fraction of sp³-hybridized carbons (Fsp3) is 0.364. The maximum atomic E-state index is 11.1. The van der Waals surface area contributed by atoms with Crippen LogP contribution in [-0.2, 0) is 16.0 Å². The van der Waals surface area contributed by atoms with Crippen LogP contribution in [0.2, 0.25) is 0 Å². The molecule has 1 aromatic carbocycles. The van der Waals surface area contributed by atoms with Gasteiger partial charge in [0.15, 0.2) is 11.5 Å². The molecule has 0 fully saturated rings. The average molecular weight is 226 g/mol. The molecule has 0 radical (unpaired) electrons. The summed E-state index contributed by atoms with van der Waals surface area (Å²) in [7, 11) is 4.18. The van der Waals surface area contributed by atoms with Crippen LogP contribution < -0.4 is 9.47 Å². The molecule has 0 aliphatic carbocycles. The van der Waals surface area contributed by atoms with E-state index in [4.69, 9.17) is 9.47 Å². The number of ether oxygens (including phenoxy) is 3. The van der Waals surface area contributed by atoms with Gasteiger partial charge >= 0.3 is 5.97 Å². The van der Waals surface area contributed by atoms with Gasteiger partial charge in [-0.25, -0.2) is 0 Å². The fourth-order valence-corrected chi connectivity index (χ4v) is 1.32. The highest BCUT2D eigenvalue weighted by molar-refractivity contribution is 5.74. The first-order chi connectivity index (χ1) is 7.63. The van der Waals surface area contributed by atoms with E-state index in [1.54, 1.807) is 12.1 Å². The summed E-state index contributed by atoms with van der Waals surface area (Å²) in [5.74, 6) is 0.0901. The van der Waals surface area contributed by atoms with E-state index in [2.05, 4.69) is 4.74 Å². The number of hydrogen-bond donors (Lipinski definition) is 1. The number of carbonyl (C=O) groups is 1. The third-order valence-electron chi connectivity index (χ3n) is 2.17. The van der Waals surface area contributed by atoms with Gasteiger partial charge in [-0.3, -0.25) is 4.79 Å². The van der Waals surface area contributed by atoms with Crippen LogP contribution in [0.5, 0.6) is 17.2 Å². The lowest BCUT2D eigenvalue weighted by atomic mass is 10.1. The molecule has 0 saturated heterocycles. The molecule has 0 saturated carbocycles. The summed E-state index contributed by atoms with van der Waals surface area (Å²) in [6.45, 7) is 0. The number of methoxy groups -OCH3 is 3. The molecule has 0 aliphatic heterocycles. The first-order valence-corrected chi connectivity index (χ1v) is 4.63. The Labute approximate surface area is 93.6 Å². The lowest BCUT2D eigenvalue weighted by Gasteiger charge is -2.11. The van der Waals surface area contributed by atoms with E-state index >= 15 is 0 Å². The van der Waals surface area contributed by atoms with Crippen molar-refractivity contribution in [2.75, 3.05) is 21.3 Å².